The summed E-state index contributed by atoms with van der Waals surface area (Å²) in [6, 6.07) is 23.4. The number of benzene rings is 3. The molecule has 0 atom stereocenters. The molecule has 0 aliphatic carbocycles. The van der Waals surface area contributed by atoms with Gasteiger partial charge in [0.05, 0.1) is 6.54 Å². The van der Waals surface area contributed by atoms with Crippen LogP contribution in [0.5, 0.6) is 0 Å². The Hall–Kier alpha value is -4.13. The number of carbonyl (C=O) groups is 3. The van der Waals surface area contributed by atoms with E-state index in [0.29, 0.717) is 29.0 Å². The van der Waals surface area contributed by atoms with E-state index in [0.717, 1.165) is 12.1 Å². The van der Waals surface area contributed by atoms with Gasteiger partial charge in [0.1, 0.15) is 0 Å². The molecule has 7 nitrogen and oxygen atoms in total. The van der Waals surface area contributed by atoms with Gasteiger partial charge >= 0.3 is 0 Å². The summed E-state index contributed by atoms with van der Waals surface area (Å²) in [6.07, 6.45) is 1.26. The first-order chi connectivity index (χ1) is 16.0. The van der Waals surface area contributed by atoms with Crippen molar-refractivity contribution in [2.45, 2.75) is 19.8 Å². The van der Waals surface area contributed by atoms with Crippen molar-refractivity contribution in [3.63, 3.8) is 0 Å². The zero-order valence-corrected chi connectivity index (χ0v) is 18.8. The molecule has 7 heteroatoms. The Balaban J connectivity index is 1.53. The van der Waals surface area contributed by atoms with Crippen LogP contribution in [0.25, 0.3) is 0 Å². The maximum atomic E-state index is 12.8. The number of nitrogens with one attached hydrogen (secondary N) is 3. The average Bonchev–Trinajstić information content (AvgIpc) is 2.84. The highest BCUT2D eigenvalue weighted by Crippen LogP contribution is 2.18. The van der Waals surface area contributed by atoms with Gasteiger partial charge in [0.25, 0.3) is 5.91 Å². The van der Waals surface area contributed by atoms with Crippen molar-refractivity contribution in [2.75, 3.05) is 34.4 Å². The molecule has 0 bridgehead atoms. The van der Waals surface area contributed by atoms with Crippen LogP contribution in [0.4, 0.5) is 22.7 Å². The van der Waals surface area contributed by atoms with Gasteiger partial charge < -0.3 is 20.9 Å². The van der Waals surface area contributed by atoms with Crippen LogP contribution in [0, 0.1) is 0 Å². The number of carbonyl (C=O) groups excluding carboxylic acids is 3. The number of amides is 3. The van der Waals surface area contributed by atoms with E-state index >= 15 is 0 Å². The topological polar surface area (TPSA) is 90.5 Å². The van der Waals surface area contributed by atoms with E-state index in [9.17, 15) is 14.4 Å². The summed E-state index contributed by atoms with van der Waals surface area (Å²) in [5.41, 5.74) is 3.31. The molecule has 170 valence electrons. The summed E-state index contributed by atoms with van der Waals surface area (Å²) < 4.78 is 0. The lowest BCUT2D eigenvalue weighted by molar-refractivity contribution is -0.116. The zero-order chi connectivity index (χ0) is 23.6. The third kappa shape index (κ3) is 6.93. The second-order valence-electron chi connectivity index (χ2n) is 7.56. The number of anilines is 4. The molecule has 0 radical (unpaired) electrons. The Labute approximate surface area is 193 Å². The molecule has 3 rings (SSSR count). The van der Waals surface area contributed by atoms with Crippen LogP contribution in [0.2, 0.25) is 0 Å². The first-order valence-electron chi connectivity index (χ1n) is 10.8. The molecule has 3 aromatic rings. The highest BCUT2D eigenvalue weighted by Gasteiger charge is 2.14. The van der Waals surface area contributed by atoms with Crippen molar-refractivity contribution in [3.8, 4) is 0 Å². The first kappa shape index (κ1) is 23.5. The molecule has 3 aromatic carbocycles. The number of nitrogens with zero attached hydrogens (tertiary/aromatic N) is 1. The van der Waals surface area contributed by atoms with Gasteiger partial charge in [0.2, 0.25) is 11.8 Å². The minimum Gasteiger partial charge on any atom is -0.376 e. The van der Waals surface area contributed by atoms with Gasteiger partial charge in [-0.2, -0.15) is 0 Å². The maximum Gasteiger partial charge on any atom is 0.258 e. The van der Waals surface area contributed by atoms with E-state index in [-0.39, 0.29) is 24.3 Å². The van der Waals surface area contributed by atoms with Crippen LogP contribution in [-0.2, 0) is 9.59 Å². The molecule has 3 N–H and O–H groups in total. The van der Waals surface area contributed by atoms with Crippen molar-refractivity contribution in [3.05, 3.63) is 84.4 Å². The molecule has 0 fully saturated rings. The summed E-state index contributed by atoms with van der Waals surface area (Å²) in [5, 5.41) is 8.66. The molecule has 0 saturated heterocycles. The third-order valence-electron chi connectivity index (χ3n) is 4.94. The van der Waals surface area contributed by atoms with Crippen LogP contribution in [0.1, 0.15) is 30.1 Å². The zero-order valence-electron chi connectivity index (χ0n) is 18.8. The average molecular weight is 445 g/mol. The Morgan fingerprint density at radius 1 is 0.758 bits per heavy atom. The van der Waals surface area contributed by atoms with E-state index in [1.165, 1.54) is 0 Å². The molecule has 0 spiro atoms. The summed E-state index contributed by atoms with van der Waals surface area (Å²) in [4.78, 5) is 38.4. The van der Waals surface area contributed by atoms with Crippen molar-refractivity contribution in [1.29, 1.82) is 0 Å². The number of para-hydroxylation sites is 1. The van der Waals surface area contributed by atoms with Crippen LogP contribution in [0.15, 0.2) is 78.9 Å². The largest absolute Gasteiger partial charge is 0.376 e. The summed E-state index contributed by atoms with van der Waals surface area (Å²) in [5.74, 6) is -0.398. The van der Waals surface area contributed by atoms with Gasteiger partial charge in [-0.3, -0.25) is 14.4 Å². The van der Waals surface area contributed by atoms with Crippen molar-refractivity contribution in [2.24, 2.45) is 0 Å². The van der Waals surface area contributed by atoms with Crippen LogP contribution < -0.4 is 20.9 Å². The van der Waals surface area contributed by atoms with E-state index in [1.54, 1.807) is 60.5 Å². The lowest BCUT2D eigenvalue weighted by Crippen LogP contribution is -2.26. The minimum atomic E-state index is -0.226. The molecule has 0 aliphatic heterocycles. The Kier molecular flexibility index (Phi) is 8.18. The molecular formula is C26H28N4O3. The highest BCUT2D eigenvalue weighted by molar-refractivity contribution is 6.06. The minimum absolute atomic E-state index is 0.0332. The number of hydrogen-bond acceptors (Lipinski definition) is 4. The van der Waals surface area contributed by atoms with Gasteiger partial charge in [-0.05, 0) is 61.0 Å². The van der Waals surface area contributed by atoms with Gasteiger partial charge in [-0.25, -0.2) is 0 Å². The van der Waals surface area contributed by atoms with Gasteiger partial charge in [-0.15, -0.1) is 0 Å². The predicted molar refractivity (Wildman–Crippen MR) is 133 cm³/mol. The second-order valence-corrected chi connectivity index (χ2v) is 7.56. The molecule has 0 aliphatic rings. The van der Waals surface area contributed by atoms with Crippen molar-refractivity contribution >= 4 is 40.5 Å². The molecule has 0 unspecified atom stereocenters. The highest BCUT2D eigenvalue weighted by atomic mass is 16.2. The number of rotatable bonds is 9. The lowest BCUT2D eigenvalue weighted by atomic mass is 10.1. The van der Waals surface area contributed by atoms with Gasteiger partial charge in [0, 0.05) is 41.8 Å². The van der Waals surface area contributed by atoms with Gasteiger partial charge in [0.15, 0.2) is 0 Å². The second kappa shape index (κ2) is 11.5. The maximum absolute atomic E-state index is 12.8. The lowest BCUT2D eigenvalue weighted by Gasteiger charge is -2.18. The fraction of sp³-hybridized carbons (Fsp3) is 0.192. The van der Waals surface area contributed by atoms with E-state index in [2.05, 4.69) is 16.0 Å². The summed E-state index contributed by atoms with van der Waals surface area (Å²) in [7, 11) is 1.73. The summed E-state index contributed by atoms with van der Waals surface area (Å²) >= 11 is 0. The third-order valence-corrected chi connectivity index (χ3v) is 4.94. The standard InChI is InChI=1S/C26H28N4O3/c1-3-8-24(31)28-20-13-15-21(16-14-20)29-25(32)18-27-22-10-7-9-19(17-22)26(33)30(2)23-11-5-4-6-12-23/h4-7,9-17,27H,3,8,18H2,1-2H3,(H,28,31)(H,29,32). The quantitative estimate of drug-likeness (QED) is 0.444. The van der Waals surface area contributed by atoms with Crippen molar-refractivity contribution in [1.82, 2.24) is 0 Å². The van der Waals surface area contributed by atoms with Crippen LogP contribution >= 0.6 is 0 Å². The molecule has 0 aromatic heterocycles. The Morgan fingerprint density at radius 3 is 2.03 bits per heavy atom. The summed E-state index contributed by atoms with van der Waals surface area (Å²) in [6.45, 7) is 1.99. The fourth-order valence-electron chi connectivity index (χ4n) is 3.20. The Bertz CT molecular complexity index is 1100. The molecular weight excluding hydrogens is 416 g/mol. The molecule has 33 heavy (non-hydrogen) atoms. The van der Waals surface area contributed by atoms with Crippen LogP contribution in [0.3, 0.4) is 0 Å². The van der Waals surface area contributed by atoms with E-state index in [1.807, 2.05) is 37.3 Å². The van der Waals surface area contributed by atoms with Crippen LogP contribution in [-0.4, -0.2) is 31.3 Å². The number of hydrogen-bond donors (Lipinski definition) is 3. The monoisotopic (exact) mass is 444 g/mol. The first-order valence-corrected chi connectivity index (χ1v) is 10.8. The molecule has 3 amide bonds. The molecule has 0 saturated carbocycles. The fourth-order valence-corrected chi connectivity index (χ4v) is 3.20. The van der Waals surface area contributed by atoms with E-state index < -0.39 is 0 Å². The smallest absolute Gasteiger partial charge is 0.258 e. The molecule has 0 heterocycles. The van der Waals surface area contributed by atoms with Gasteiger partial charge in [-0.1, -0.05) is 31.2 Å². The normalized spacial score (nSPS) is 10.2. The predicted octanol–water partition coefficient (Wildman–Crippen LogP) is 4.75. The van der Waals surface area contributed by atoms with Crippen molar-refractivity contribution < 1.29 is 14.4 Å². The Morgan fingerprint density at radius 2 is 1.39 bits per heavy atom. The van der Waals surface area contributed by atoms with E-state index in [4.69, 9.17) is 0 Å². The SMILES string of the molecule is CCCC(=O)Nc1ccc(NC(=O)CNc2cccc(C(=O)N(C)c3ccccc3)c2)cc1.